The lowest BCUT2D eigenvalue weighted by Gasteiger charge is -2.31. The van der Waals surface area contributed by atoms with Gasteiger partial charge in [0.05, 0.1) is 12.4 Å². The summed E-state index contributed by atoms with van der Waals surface area (Å²) in [5, 5.41) is 3.34. The topological polar surface area (TPSA) is 67.9 Å². The molecular weight excluding hydrogens is 280 g/mol. The number of methoxy groups -OCH3 is 2. The Bertz CT molecular complexity index is 340. The highest BCUT2D eigenvalue weighted by molar-refractivity contribution is 7.89. The first-order valence-corrected chi connectivity index (χ1v) is 8.87. The molecule has 0 saturated carbocycles. The number of ether oxygens (including phenoxy) is 2. The van der Waals surface area contributed by atoms with Gasteiger partial charge in [0.1, 0.15) is 0 Å². The second-order valence-corrected chi connectivity index (χ2v) is 7.29. The fraction of sp³-hybridized carbons (Fsp3) is 1.00. The standard InChI is InChI=1S/C13H28N2O4S/c1-18-9-3-11-20(16,17)15-7-4-13(5-8-15)12-14-6-10-19-2/h13-14H,3-12H2,1-2H3. The fourth-order valence-corrected chi connectivity index (χ4v) is 3.89. The molecule has 0 spiro atoms. The van der Waals surface area contributed by atoms with Crippen molar-refractivity contribution >= 4 is 10.0 Å². The van der Waals surface area contributed by atoms with E-state index in [2.05, 4.69) is 5.32 Å². The molecule has 0 aromatic carbocycles. The van der Waals surface area contributed by atoms with Gasteiger partial charge in [0.2, 0.25) is 10.0 Å². The summed E-state index contributed by atoms with van der Waals surface area (Å²) in [4.78, 5) is 0. The van der Waals surface area contributed by atoms with Crippen LogP contribution in [-0.2, 0) is 19.5 Å². The zero-order valence-corrected chi connectivity index (χ0v) is 13.5. The lowest BCUT2D eigenvalue weighted by molar-refractivity contribution is 0.193. The number of hydrogen-bond donors (Lipinski definition) is 1. The molecule has 0 amide bonds. The number of nitrogens with one attached hydrogen (secondary N) is 1. The van der Waals surface area contributed by atoms with Crippen molar-refractivity contribution in [3.8, 4) is 0 Å². The molecule has 1 saturated heterocycles. The average Bonchev–Trinajstić information content (AvgIpc) is 2.44. The third-order valence-electron chi connectivity index (χ3n) is 3.63. The number of hydrogen-bond acceptors (Lipinski definition) is 5. The first-order chi connectivity index (χ1) is 9.60. The fourth-order valence-electron chi connectivity index (χ4n) is 2.39. The van der Waals surface area contributed by atoms with Gasteiger partial charge >= 0.3 is 0 Å². The summed E-state index contributed by atoms with van der Waals surface area (Å²) < 4.78 is 35.7. The molecule has 0 radical (unpaired) electrons. The van der Waals surface area contributed by atoms with Crippen LogP contribution in [0, 0.1) is 5.92 Å². The van der Waals surface area contributed by atoms with Crippen molar-refractivity contribution in [2.24, 2.45) is 5.92 Å². The van der Waals surface area contributed by atoms with Gasteiger partial charge in [0.15, 0.2) is 0 Å². The molecule has 7 heteroatoms. The monoisotopic (exact) mass is 308 g/mol. The molecule has 1 heterocycles. The zero-order valence-electron chi connectivity index (χ0n) is 12.6. The molecule has 20 heavy (non-hydrogen) atoms. The Hall–Kier alpha value is -0.210. The quantitative estimate of drug-likeness (QED) is 0.588. The van der Waals surface area contributed by atoms with E-state index in [0.717, 1.165) is 25.9 Å². The minimum Gasteiger partial charge on any atom is -0.385 e. The largest absolute Gasteiger partial charge is 0.385 e. The smallest absolute Gasteiger partial charge is 0.214 e. The van der Waals surface area contributed by atoms with Crippen LogP contribution in [0.4, 0.5) is 0 Å². The summed E-state index contributed by atoms with van der Waals surface area (Å²) >= 11 is 0. The molecule has 0 bridgehead atoms. The molecule has 0 unspecified atom stereocenters. The first kappa shape index (κ1) is 17.8. The Morgan fingerprint density at radius 3 is 2.40 bits per heavy atom. The lowest BCUT2D eigenvalue weighted by atomic mass is 9.98. The molecule has 1 N–H and O–H groups in total. The molecule has 0 atom stereocenters. The highest BCUT2D eigenvalue weighted by Crippen LogP contribution is 2.19. The Morgan fingerprint density at radius 1 is 1.15 bits per heavy atom. The maximum Gasteiger partial charge on any atom is 0.214 e. The Kier molecular flexibility index (Phi) is 8.63. The molecule has 0 aliphatic carbocycles. The van der Waals surface area contributed by atoms with Crippen LogP contribution in [0.2, 0.25) is 0 Å². The van der Waals surface area contributed by atoms with Crippen LogP contribution in [0.5, 0.6) is 0 Å². The number of nitrogens with zero attached hydrogens (tertiary/aromatic N) is 1. The highest BCUT2D eigenvalue weighted by atomic mass is 32.2. The minimum absolute atomic E-state index is 0.192. The van der Waals surface area contributed by atoms with Crippen molar-refractivity contribution < 1.29 is 17.9 Å². The van der Waals surface area contributed by atoms with Crippen molar-refractivity contribution in [1.29, 1.82) is 0 Å². The normalized spacial score (nSPS) is 18.5. The molecule has 120 valence electrons. The molecule has 6 nitrogen and oxygen atoms in total. The van der Waals surface area contributed by atoms with Crippen molar-refractivity contribution in [2.75, 3.05) is 59.4 Å². The van der Waals surface area contributed by atoms with E-state index in [9.17, 15) is 8.42 Å². The van der Waals surface area contributed by atoms with Crippen LogP contribution in [0.15, 0.2) is 0 Å². The zero-order chi connectivity index (χ0) is 14.8. The summed E-state index contributed by atoms with van der Waals surface area (Å²) in [6.07, 6.45) is 2.43. The van der Waals surface area contributed by atoms with Crippen molar-refractivity contribution in [1.82, 2.24) is 9.62 Å². The van der Waals surface area contributed by atoms with Crippen LogP contribution in [0.3, 0.4) is 0 Å². The van der Waals surface area contributed by atoms with Crippen molar-refractivity contribution in [3.63, 3.8) is 0 Å². The molecule has 1 aliphatic heterocycles. The molecule has 1 rings (SSSR count). The van der Waals surface area contributed by atoms with E-state index >= 15 is 0 Å². The molecule has 1 aliphatic rings. The van der Waals surface area contributed by atoms with E-state index < -0.39 is 10.0 Å². The van der Waals surface area contributed by atoms with Crippen molar-refractivity contribution in [3.05, 3.63) is 0 Å². The minimum atomic E-state index is -3.10. The molecule has 0 aromatic rings. The van der Waals surface area contributed by atoms with Gasteiger partial charge in [-0.1, -0.05) is 0 Å². The van der Waals surface area contributed by atoms with Gasteiger partial charge < -0.3 is 14.8 Å². The van der Waals surface area contributed by atoms with E-state index in [1.54, 1.807) is 18.5 Å². The number of sulfonamides is 1. The Balaban J connectivity index is 2.23. The van der Waals surface area contributed by atoms with Crippen LogP contribution in [0.1, 0.15) is 19.3 Å². The average molecular weight is 308 g/mol. The lowest BCUT2D eigenvalue weighted by Crippen LogP contribution is -2.42. The van der Waals surface area contributed by atoms with E-state index in [4.69, 9.17) is 9.47 Å². The number of piperidine rings is 1. The number of rotatable bonds is 10. The molecule has 0 aromatic heterocycles. The van der Waals surface area contributed by atoms with Gasteiger partial charge in [-0.2, -0.15) is 0 Å². The summed E-state index contributed by atoms with van der Waals surface area (Å²) in [6, 6.07) is 0. The van der Waals surface area contributed by atoms with E-state index in [1.807, 2.05) is 0 Å². The predicted molar refractivity (Wildman–Crippen MR) is 79.3 cm³/mol. The maximum absolute atomic E-state index is 12.1. The summed E-state index contributed by atoms with van der Waals surface area (Å²) in [7, 11) is 0.186. The summed E-state index contributed by atoms with van der Waals surface area (Å²) in [6.45, 7) is 4.30. The van der Waals surface area contributed by atoms with Gasteiger partial charge in [0, 0.05) is 40.5 Å². The maximum atomic E-state index is 12.1. The van der Waals surface area contributed by atoms with Gasteiger partial charge in [-0.25, -0.2) is 12.7 Å². The SMILES string of the molecule is COCCCS(=O)(=O)N1CCC(CNCCOC)CC1. The summed E-state index contributed by atoms with van der Waals surface area (Å²) in [5.74, 6) is 0.759. The van der Waals surface area contributed by atoms with Gasteiger partial charge in [-0.3, -0.25) is 0 Å². The molecular formula is C13H28N2O4S. The predicted octanol–water partition coefficient (Wildman–Crippen LogP) is 0.301. The van der Waals surface area contributed by atoms with E-state index in [0.29, 0.717) is 38.6 Å². The van der Waals surface area contributed by atoms with Crippen molar-refractivity contribution in [2.45, 2.75) is 19.3 Å². The first-order valence-electron chi connectivity index (χ1n) is 7.26. The van der Waals surface area contributed by atoms with Gasteiger partial charge in [-0.05, 0) is 31.7 Å². The summed E-state index contributed by atoms with van der Waals surface area (Å²) in [5.41, 5.74) is 0. The third kappa shape index (κ3) is 6.49. The van der Waals surface area contributed by atoms with Crippen LogP contribution in [-0.4, -0.2) is 72.1 Å². The molecule has 1 fully saturated rings. The van der Waals surface area contributed by atoms with E-state index in [-0.39, 0.29) is 5.75 Å². The van der Waals surface area contributed by atoms with Gasteiger partial charge in [0.25, 0.3) is 0 Å². The second-order valence-electron chi connectivity index (χ2n) is 5.20. The van der Waals surface area contributed by atoms with E-state index in [1.165, 1.54) is 0 Å². The second kappa shape index (κ2) is 9.68. The Morgan fingerprint density at radius 2 is 1.80 bits per heavy atom. The van der Waals surface area contributed by atoms with Gasteiger partial charge in [-0.15, -0.1) is 0 Å². The Labute approximate surface area is 122 Å². The highest BCUT2D eigenvalue weighted by Gasteiger charge is 2.27. The van der Waals surface area contributed by atoms with Crippen LogP contribution < -0.4 is 5.32 Å². The van der Waals surface area contributed by atoms with Crippen LogP contribution >= 0.6 is 0 Å². The third-order valence-corrected chi connectivity index (χ3v) is 5.59. The van der Waals surface area contributed by atoms with Crippen LogP contribution in [0.25, 0.3) is 0 Å².